The fourth-order valence-electron chi connectivity index (χ4n) is 2.01. The van der Waals surface area contributed by atoms with Gasteiger partial charge in [0.2, 0.25) is 5.16 Å². The highest BCUT2D eigenvalue weighted by molar-refractivity contribution is 7.99. The van der Waals surface area contributed by atoms with E-state index in [1.54, 1.807) is 6.07 Å². The molecule has 1 aromatic heterocycles. The van der Waals surface area contributed by atoms with Crippen LogP contribution in [0.5, 0.6) is 0 Å². The first-order chi connectivity index (χ1) is 11.6. The van der Waals surface area contributed by atoms with Gasteiger partial charge in [0.1, 0.15) is 0 Å². The molecule has 1 heterocycles. The molecule has 0 aliphatic heterocycles. The van der Waals surface area contributed by atoms with Crippen LogP contribution in [0.15, 0.2) is 59.8 Å². The summed E-state index contributed by atoms with van der Waals surface area (Å²) in [7, 11) is 0. The van der Waals surface area contributed by atoms with E-state index in [1.165, 1.54) is 34.6 Å². The van der Waals surface area contributed by atoms with Gasteiger partial charge in [0.05, 0.1) is 16.4 Å². The van der Waals surface area contributed by atoms with Gasteiger partial charge in [-0.15, -0.1) is 5.10 Å². The summed E-state index contributed by atoms with van der Waals surface area (Å²) in [5.74, 6) is -0.153. The van der Waals surface area contributed by atoms with Crippen LogP contribution in [0.2, 0.25) is 0 Å². The summed E-state index contributed by atoms with van der Waals surface area (Å²) in [6, 6.07) is 15.0. The molecule has 120 valence electrons. The van der Waals surface area contributed by atoms with Crippen LogP contribution >= 0.6 is 11.8 Å². The molecule has 0 aliphatic rings. The summed E-state index contributed by atoms with van der Waals surface area (Å²) in [6.45, 7) is 0. The second-order valence-electron chi connectivity index (χ2n) is 4.73. The zero-order valence-corrected chi connectivity index (χ0v) is 13.1. The van der Waals surface area contributed by atoms with Crippen molar-refractivity contribution < 1.29 is 9.72 Å². The van der Waals surface area contributed by atoms with Gasteiger partial charge in [-0.25, -0.2) is 0 Å². The second-order valence-corrected chi connectivity index (χ2v) is 5.67. The number of thioether (sulfide) groups is 1. The Balaban J connectivity index is 1.73. The van der Waals surface area contributed by atoms with Crippen LogP contribution in [0.1, 0.15) is 10.4 Å². The van der Waals surface area contributed by atoms with Crippen LogP contribution in [0.25, 0.3) is 5.69 Å². The van der Waals surface area contributed by atoms with E-state index in [9.17, 15) is 14.9 Å². The number of Topliss-reactive ketones (excluding diaryl/α,β-unsaturated/α-hetero) is 1. The Bertz CT molecular complexity index is 882. The Hall–Kier alpha value is -3.07. The van der Waals surface area contributed by atoms with Crippen LogP contribution in [-0.4, -0.2) is 36.7 Å². The Morgan fingerprint density at radius 1 is 1.17 bits per heavy atom. The monoisotopic (exact) mass is 341 g/mol. The maximum Gasteiger partial charge on any atom is 0.270 e. The topological polar surface area (TPSA) is 104 Å². The number of carbonyl (C=O) groups excluding carboxylic acids is 1. The van der Waals surface area contributed by atoms with Crippen molar-refractivity contribution in [1.29, 1.82) is 0 Å². The number of ketones is 1. The molecule has 24 heavy (non-hydrogen) atoms. The number of nitrogens with zero attached hydrogens (tertiary/aromatic N) is 5. The first-order valence-electron chi connectivity index (χ1n) is 6.89. The maximum atomic E-state index is 12.2. The van der Waals surface area contributed by atoms with Crippen LogP contribution in [0.4, 0.5) is 5.69 Å². The molecular weight excluding hydrogens is 330 g/mol. The number of hydrogen-bond donors (Lipinski definition) is 0. The number of rotatable bonds is 6. The number of aromatic nitrogens is 4. The predicted molar refractivity (Wildman–Crippen MR) is 87.3 cm³/mol. The highest BCUT2D eigenvalue weighted by Gasteiger charge is 2.15. The second kappa shape index (κ2) is 7.01. The first kappa shape index (κ1) is 15.8. The van der Waals surface area contributed by atoms with E-state index in [2.05, 4.69) is 15.5 Å². The van der Waals surface area contributed by atoms with Crippen molar-refractivity contribution in [2.45, 2.75) is 5.16 Å². The van der Waals surface area contributed by atoms with E-state index < -0.39 is 4.92 Å². The highest BCUT2D eigenvalue weighted by atomic mass is 32.2. The van der Waals surface area contributed by atoms with E-state index >= 15 is 0 Å². The third-order valence-corrected chi connectivity index (χ3v) is 4.07. The van der Waals surface area contributed by atoms with E-state index in [0.29, 0.717) is 5.16 Å². The van der Waals surface area contributed by atoms with Crippen LogP contribution in [0, 0.1) is 10.1 Å². The van der Waals surface area contributed by atoms with Gasteiger partial charge in [-0.1, -0.05) is 42.1 Å². The minimum atomic E-state index is -0.528. The molecule has 2 aromatic carbocycles. The summed E-state index contributed by atoms with van der Waals surface area (Å²) in [4.78, 5) is 22.5. The number of nitro groups is 1. The Morgan fingerprint density at radius 3 is 2.71 bits per heavy atom. The lowest BCUT2D eigenvalue weighted by molar-refractivity contribution is -0.384. The summed E-state index contributed by atoms with van der Waals surface area (Å²) in [6.07, 6.45) is 0. The molecule has 0 amide bonds. The van der Waals surface area contributed by atoms with Crippen molar-refractivity contribution in [2.24, 2.45) is 0 Å². The van der Waals surface area contributed by atoms with Crippen LogP contribution in [-0.2, 0) is 0 Å². The minimum Gasteiger partial charge on any atom is -0.293 e. The molecule has 0 atom stereocenters. The van der Waals surface area contributed by atoms with Gasteiger partial charge in [0, 0.05) is 17.7 Å². The maximum absolute atomic E-state index is 12.2. The highest BCUT2D eigenvalue weighted by Crippen LogP contribution is 2.20. The normalized spacial score (nSPS) is 10.5. The van der Waals surface area contributed by atoms with Gasteiger partial charge >= 0.3 is 0 Å². The molecule has 3 rings (SSSR count). The van der Waals surface area contributed by atoms with Gasteiger partial charge in [0.25, 0.3) is 5.69 Å². The standard InChI is InChI=1S/C15H11N5O3S/c21-14(11-5-4-8-13(9-11)20(22)23)10-24-15-16-17-18-19(15)12-6-2-1-3-7-12/h1-9H,10H2. The number of benzene rings is 2. The average Bonchev–Trinajstić information content (AvgIpc) is 3.09. The number of hydrogen-bond acceptors (Lipinski definition) is 7. The van der Waals surface area contributed by atoms with Crippen molar-refractivity contribution in [2.75, 3.05) is 5.75 Å². The van der Waals surface area contributed by atoms with Gasteiger partial charge in [0.15, 0.2) is 5.78 Å². The van der Waals surface area contributed by atoms with Crippen molar-refractivity contribution in [3.63, 3.8) is 0 Å². The lowest BCUT2D eigenvalue weighted by Gasteiger charge is -2.04. The molecule has 0 saturated heterocycles. The first-order valence-corrected chi connectivity index (χ1v) is 7.88. The van der Waals surface area contributed by atoms with E-state index in [1.807, 2.05) is 30.3 Å². The molecule has 0 radical (unpaired) electrons. The van der Waals surface area contributed by atoms with Crippen molar-refractivity contribution in [3.05, 3.63) is 70.3 Å². The average molecular weight is 341 g/mol. The van der Waals surface area contributed by atoms with E-state index in [0.717, 1.165) is 5.69 Å². The van der Waals surface area contributed by atoms with Crippen molar-refractivity contribution >= 4 is 23.2 Å². The number of tetrazole rings is 1. The molecule has 0 spiro atoms. The summed E-state index contributed by atoms with van der Waals surface area (Å²) >= 11 is 1.17. The molecule has 0 bridgehead atoms. The van der Waals surface area contributed by atoms with Crippen LogP contribution < -0.4 is 0 Å². The quantitative estimate of drug-likeness (QED) is 0.294. The number of non-ortho nitro benzene ring substituents is 1. The largest absolute Gasteiger partial charge is 0.293 e. The van der Waals surface area contributed by atoms with E-state index in [4.69, 9.17) is 0 Å². The van der Waals surface area contributed by atoms with Gasteiger partial charge < -0.3 is 0 Å². The zero-order chi connectivity index (χ0) is 16.9. The molecular formula is C15H11N5O3S. The van der Waals surface area contributed by atoms with Crippen molar-refractivity contribution in [3.8, 4) is 5.69 Å². The Labute approximate surface area is 140 Å². The van der Waals surface area contributed by atoms with Gasteiger partial charge in [-0.2, -0.15) is 4.68 Å². The third kappa shape index (κ3) is 3.46. The summed E-state index contributed by atoms with van der Waals surface area (Å²) < 4.78 is 1.53. The molecule has 0 fully saturated rings. The fourth-order valence-corrected chi connectivity index (χ4v) is 2.79. The summed E-state index contributed by atoms with van der Waals surface area (Å²) in [5.41, 5.74) is 0.961. The molecule has 0 N–H and O–H groups in total. The number of nitro benzene ring substituents is 1. The molecule has 0 saturated carbocycles. The lowest BCUT2D eigenvalue weighted by atomic mass is 10.1. The predicted octanol–water partition coefficient (Wildman–Crippen LogP) is 2.55. The molecule has 0 unspecified atom stereocenters. The van der Waals surface area contributed by atoms with E-state index in [-0.39, 0.29) is 22.8 Å². The van der Waals surface area contributed by atoms with Crippen LogP contribution in [0.3, 0.4) is 0 Å². The lowest BCUT2D eigenvalue weighted by Crippen LogP contribution is -2.05. The Kier molecular flexibility index (Phi) is 4.62. The fraction of sp³-hybridized carbons (Fsp3) is 0.0667. The molecule has 0 aliphatic carbocycles. The smallest absolute Gasteiger partial charge is 0.270 e. The minimum absolute atomic E-state index is 0.0778. The van der Waals surface area contributed by atoms with Gasteiger partial charge in [-0.3, -0.25) is 14.9 Å². The summed E-state index contributed by atoms with van der Waals surface area (Å²) in [5, 5.41) is 22.7. The SMILES string of the molecule is O=C(CSc1nnnn1-c1ccccc1)c1cccc([N+](=O)[O-])c1. The Morgan fingerprint density at radius 2 is 1.96 bits per heavy atom. The van der Waals surface area contributed by atoms with Gasteiger partial charge in [-0.05, 0) is 22.6 Å². The molecule has 3 aromatic rings. The molecule has 9 heteroatoms. The number of carbonyl (C=O) groups is 1. The van der Waals surface area contributed by atoms with Crippen molar-refractivity contribution in [1.82, 2.24) is 20.2 Å². The molecule has 8 nitrogen and oxygen atoms in total. The number of para-hydroxylation sites is 1. The zero-order valence-electron chi connectivity index (χ0n) is 12.3. The third-order valence-electron chi connectivity index (χ3n) is 3.15.